The molecule has 37 heavy (non-hydrogen) atoms. The van der Waals surface area contributed by atoms with Crippen LogP contribution in [0.1, 0.15) is 86.5 Å². The Bertz CT molecular complexity index is 1110. The van der Waals surface area contributed by atoms with Crippen molar-refractivity contribution >= 4 is 12.0 Å². The van der Waals surface area contributed by atoms with Gasteiger partial charge in [0.2, 0.25) is 0 Å². The minimum atomic E-state index is -0.520. The summed E-state index contributed by atoms with van der Waals surface area (Å²) in [5.41, 5.74) is 4.41. The third-order valence-electron chi connectivity index (χ3n) is 7.72. The Kier molecular flexibility index (Phi) is 8.26. The number of aromatic nitrogens is 2. The predicted octanol–water partition coefficient (Wildman–Crippen LogP) is 4.82. The van der Waals surface area contributed by atoms with Gasteiger partial charge in [-0.25, -0.2) is 9.48 Å². The van der Waals surface area contributed by atoms with Gasteiger partial charge in [-0.1, -0.05) is 13.0 Å². The van der Waals surface area contributed by atoms with Crippen molar-refractivity contribution in [2.24, 2.45) is 0 Å². The number of hydrogen-bond acceptors (Lipinski definition) is 5. The highest BCUT2D eigenvalue weighted by molar-refractivity contribution is 5.95. The zero-order valence-electron chi connectivity index (χ0n) is 23.3. The van der Waals surface area contributed by atoms with E-state index in [1.165, 1.54) is 17.5 Å². The Morgan fingerprint density at radius 1 is 1.08 bits per heavy atom. The van der Waals surface area contributed by atoms with Crippen LogP contribution in [0, 0.1) is 13.8 Å². The fourth-order valence-corrected chi connectivity index (χ4v) is 5.50. The summed E-state index contributed by atoms with van der Waals surface area (Å²) in [5, 5.41) is 7.91. The highest BCUT2D eigenvalue weighted by Crippen LogP contribution is 2.33. The molecule has 2 aliphatic rings. The first-order valence-electron chi connectivity index (χ1n) is 13.7. The number of hydrogen-bond donors (Lipinski definition) is 1. The maximum Gasteiger partial charge on any atom is 0.410 e. The van der Waals surface area contributed by atoms with Gasteiger partial charge in [-0.2, -0.15) is 5.10 Å². The van der Waals surface area contributed by atoms with E-state index in [0.717, 1.165) is 43.7 Å². The highest BCUT2D eigenvalue weighted by atomic mass is 16.6. The molecule has 1 unspecified atom stereocenters. The number of nitrogens with zero attached hydrogens (tertiary/aromatic N) is 4. The Balaban J connectivity index is 1.56. The molecule has 2 aromatic rings. The first-order valence-corrected chi connectivity index (χ1v) is 13.7. The van der Waals surface area contributed by atoms with E-state index in [-0.39, 0.29) is 17.9 Å². The van der Waals surface area contributed by atoms with Crippen LogP contribution in [0.2, 0.25) is 0 Å². The molecule has 1 aromatic carbocycles. The summed E-state index contributed by atoms with van der Waals surface area (Å²) in [7, 11) is 0. The van der Waals surface area contributed by atoms with Crippen molar-refractivity contribution in [3.05, 3.63) is 46.8 Å². The van der Waals surface area contributed by atoms with E-state index in [2.05, 4.69) is 49.2 Å². The molecule has 2 saturated heterocycles. The van der Waals surface area contributed by atoms with Gasteiger partial charge in [0.25, 0.3) is 5.91 Å². The molecule has 0 aliphatic carbocycles. The van der Waals surface area contributed by atoms with Crippen LogP contribution in [-0.2, 0) is 4.74 Å². The van der Waals surface area contributed by atoms with Crippen LogP contribution in [0.5, 0.6) is 0 Å². The van der Waals surface area contributed by atoms with Gasteiger partial charge in [0.05, 0.1) is 23.1 Å². The average molecular weight is 510 g/mol. The van der Waals surface area contributed by atoms with Gasteiger partial charge in [0.1, 0.15) is 5.60 Å². The lowest BCUT2D eigenvalue weighted by Gasteiger charge is -2.34. The van der Waals surface area contributed by atoms with Crippen LogP contribution in [0.4, 0.5) is 4.79 Å². The molecule has 0 radical (unpaired) electrons. The van der Waals surface area contributed by atoms with Gasteiger partial charge in [-0.3, -0.25) is 9.69 Å². The molecule has 0 spiro atoms. The highest BCUT2D eigenvalue weighted by Gasteiger charge is 2.32. The van der Waals surface area contributed by atoms with Gasteiger partial charge in [0, 0.05) is 31.6 Å². The van der Waals surface area contributed by atoms with E-state index in [0.29, 0.717) is 31.2 Å². The molecule has 2 aliphatic heterocycles. The lowest BCUT2D eigenvalue weighted by atomic mass is 9.90. The number of amides is 2. The van der Waals surface area contributed by atoms with E-state index < -0.39 is 5.60 Å². The van der Waals surface area contributed by atoms with E-state index in [4.69, 9.17) is 9.84 Å². The summed E-state index contributed by atoms with van der Waals surface area (Å²) in [6, 6.07) is 6.68. The number of carbonyl (C=O) groups is 2. The maximum absolute atomic E-state index is 13.5. The lowest BCUT2D eigenvalue weighted by molar-refractivity contribution is 0.0203. The van der Waals surface area contributed by atoms with Gasteiger partial charge >= 0.3 is 6.09 Å². The standard InChI is InChI=1S/C29H43N5O3/c1-7-32-14-8-9-24(32)18-30-27(35)25-19-31-34(23-11-10-20(2)21(3)17-23)26(25)22-12-15-33(16-13-22)28(36)37-29(4,5)6/h10-11,17,19,22,24H,7-9,12-16,18H2,1-6H3,(H,30,35). The molecule has 1 atom stereocenters. The van der Waals surface area contributed by atoms with Crippen molar-refractivity contribution in [1.82, 2.24) is 24.9 Å². The van der Waals surface area contributed by atoms with Crippen LogP contribution in [0.15, 0.2) is 24.4 Å². The van der Waals surface area contributed by atoms with E-state index in [9.17, 15) is 9.59 Å². The third-order valence-corrected chi connectivity index (χ3v) is 7.72. The Labute approximate surface area is 221 Å². The monoisotopic (exact) mass is 509 g/mol. The topological polar surface area (TPSA) is 79.7 Å². The summed E-state index contributed by atoms with van der Waals surface area (Å²) in [6.45, 7) is 16.0. The smallest absolute Gasteiger partial charge is 0.410 e. The molecule has 2 fully saturated rings. The Morgan fingerprint density at radius 2 is 1.81 bits per heavy atom. The van der Waals surface area contributed by atoms with Gasteiger partial charge in [-0.05, 0) is 96.7 Å². The Hall–Kier alpha value is -2.87. The molecule has 8 nitrogen and oxygen atoms in total. The van der Waals surface area contributed by atoms with Gasteiger partial charge in [0.15, 0.2) is 0 Å². The Morgan fingerprint density at radius 3 is 2.46 bits per heavy atom. The number of likely N-dealkylation sites (N-methyl/N-ethyl adjacent to an activating group) is 1. The number of aryl methyl sites for hydroxylation is 2. The van der Waals surface area contributed by atoms with Crippen molar-refractivity contribution in [1.29, 1.82) is 0 Å². The van der Waals surface area contributed by atoms with E-state index in [1.807, 2.05) is 25.5 Å². The summed E-state index contributed by atoms with van der Waals surface area (Å²) >= 11 is 0. The van der Waals surface area contributed by atoms with Gasteiger partial charge < -0.3 is 15.0 Å². The molecule has 1 N–H and O–H groups in total. The fraction of sp³-hybridized carbons (Fsp3) is 0.621. The number of likely N-dealkylation sites (tertiary alicyclic amines) is 2. The maximum atomic E-state index is 13.5. The molecule has 202 valence electrons. The molecule has 0 bridgehead atoms. The first-order chi connectivity index (χ1) is 17.6. The van der Waals surface area contributed by atoms with Crippen LogP contribution < -0.4 is 5.32 Å². The molecule has 2 amide bonds. The largest absolute Gasteiger partial charge is 0.444 e. The van der Waals surface area contributed by atoms with Gasteiger partial charge in [-0.15, -0.1) is 0 Å². The molecule has 0 saturated carbocycles. The van der Waals surface area contributed by atoms with E-state index >= 15 is 0 Å². The molecule has 1 aromatic heterocycles. The second kappa shape index (κ2) is 11.3. The summed E-state index contributed by atoms with van der Waals surface area (Å²) in [5.74, 6) is 0.0461. The quantitative estimate of drug-likeness (QED) is 0.604. The molecular formula is C29H43N5O3. The minimum absolute atomic E-state index is 0.0670. The number of benzene rings is 1. The number of carbonyl (C=O) groups excluding carboxylic acids is 2. The van der Waals surface area contributed by atoms with E-state index in [1.54, 1.807) is 11.1 Å². The second-order valence-corrected chi connectivity index (χ2v) is 11.5. The number of piperidine rings is 1. The SMILES string of the molecule is CCN1CCCC1CNC(=O)c1cnn(-c2ccc(C)c(C)c2)c1C1CCN(C(=O)OC(C)(C)C)CC1. The molecular weight excluding hydrogens is 466 g/mol. The normalized spacial score (nSPS) is 19.3. The predicted molar refractivity (Wildman–Crippen MR) is 145 cm³/mol. The van der Waals surface area contributed by atoms with Crippen molar-refractivity contribution in [2.45, 2.75) is 84.8 Å². The van der Waals surface area contributed by atoms with Crippen molar-refractivity contribution in [3.63, 3.8) is 0 Å². The minimum Gasteiger partial charge on any atom is -0.444 e. The lowest BCUT2D eigenvalue weighted by Crippen LogP contribution is -2.42. The van der Waals surface area contributed by atoms with Crippen LogP contribution in [-0.4, -0.2) is 75.9 Å². The fourth-order valence-electron chi connectivity index (χ4n) is 5.50. The zero-order valence-corrected chi connectivity index (χ0v) is 23.3. The average Bonchev–Trinajstić information content (AvgIpc) is 3.50. The van der Waals surface area contributed by atoms with Crippen molar-refractivity contribution < 1.29 is 14.3 Å². The van der Waals surface area contributed by atoms with Crippen LogP contribution >= 0.6 is 0 Å². The number of ether oxygens (including phenoxy) is 1. The molecule has 3 heterocycles. The van der Waals surface area contributed by atoms with Crippen molar-refractivity contribution in [2.75, 3.05) is 32.7 Å². The first kappa shape index (κ1) is 27.2. The molecule has 8 heteroatoms. The third kappa shape index (κ3) is 6.35. The van der Waals surface area contributed by atoms with Crippen LogP contribution in [0.25, 0.3) is 5.69 Å². The second-order valence-electron chi connectivity index (χ2n) is 11.5. The van der Waals surface area contributed by atoms with Crippen LogP contribution in [0.3, 0.4) is 0 Å². The summed E-state index contributed by atoms with van der Waals surface area (Å²) in [6.07, 6.45) is 5.24. The number of nitrogens with one attached hydrogen (secondary N) is 1. The zero-order chi connectivity index (χ0) is 26.7. The summed E-state index contributed by atoms with van der Waals surface area (Å²) in [4.78, 5) is 30.3. The molecule has 4 rings (SSSR count). The number of rotatable bonds is 6. The van der Waals surface area contributed by atoms with Crippen molar-refractivity contribution in [3.8, 4) is 5.69 Å². The summed E-state index contributed by atoms with van der Waals surface area (Å²) < 4.78 is 7.52.